The second-order valence-electron chi connectivity index (χ2n) is 10.5. The minimum Gasteiger partial charge on any atom is -1.00 e. The zero-order chi connectivity index (χ0) is 28.0. The fourth-order valence-corrected chi connectivity index (χ4v) is 4.86. The molecular formula is C33H52ClIN2O3. The second-order valence-corrected chi connectivity index (χ2v) is 10.9. The summed E-state index contributed by atoms with van der Waals surface area (Å²) in [5.41, 5.74) is 1.19. The van der Waals surface area contributed by atoms with E-state index in [0.717, 1.165) is 25.1 Å². The number of nitrogens with one attached hydrogen (secondary N) is 1. The predicted molar refractivity (Wildman–Crippen MR) is 162 cm³/mol. The van der Waals surface area contributed by atoms with Gasteiger partial charge in [-0.3, -0.25) is 4.79 Å². The van der Waals surface area contributed by atoms with E-state index in [1.807, 2.05) is 18.3 Å². The molecule has 1 aromatic carbocycles. The zero-order valence-corrected chi connectivity index (χ0v) is 27.8. The average molecular weight is 687 g/mol. The van der Waals surface area contributed by atoms with Gasteiger partial charge in [-0.25, -0.2) is 4.57 Å². The summed E-state index contributed by atoms with van der Waals surface area (Å²) < 4.78 is 13.6. The number of benzene rings is 1. The molecule has 40 heavy (non-hydrogen) atoms. The summed E-state index contributed by atoms with van der Waals surface area (Å²) in [5.74, 6) is 1.06. The normalized spacial score (nSPS) is 10.7. The van der Waals surface area contributed by atoms with Crippen LogP contribution in [0.2, 0.25) is 5.02 Å². The first-order valence-electron chi connectivity index (χ1n) is 15.4. The van der Waals surface area contributed by atoms with E-state index in [4.69, 9.17) is 21.1 Å². The number of aromatic nitrogens is 1. The van der Waals surface area contributed by atoms with Gasteiger partial charge in [0.25, 0.3) is 5.91 Å². The molecule has 0 saturated heterocycles. The molecule has 0 aliphatic heterocycles. The van der Waals surface area contributed by atoms with Crippen LogP contribution in [0.1, 0.15) is 109 Å². The van der Waals surface area contributed by atoms with Crippen LogP contribution in [0.4, 0.5) is 0 Å². The maximum absolute atomic E-state index is 12.2. The van der Waals surface area contributed by atoms with Gasteiger partial charge in [-0.15, -0.1) is 0 Å². The molecule has 0 aliphatic rings. The van der Waals surface area contributed by atoms with E-state index in [2.05, 4.69) is 36.0 Å². The van der Waals surface area contributed by atoms with Crippen molar-refractivity contribution in [2.45, 2.75) is 117 Å². The third kappa shape index (κ3) is 17.3. The Kier molecular flexibility index (Phi) is 22.0. The zero-order valence-electron chi connectivity index (χ0n) is 24.9. The van der Waals surface area contributed by atoms with Crippen molar-refractivity contribution >= 4 is 17.5 Å². The van der Waals surface area contributed by atoms with Crippen LogP contribution in [0.15, 0.2) is 42.7 Å². The van der Waals surface area contributed by atoms with Crippen LogP contribution in [-0.2, 0) is 17.8 Å². The fourth-order valence-electron chi connectivity index (χ4n) is 4.64. The van der Waals surface area contributed by atoms with Gasteiger partial charge in [-0.05, 0) is 38.0 Å². The molecule has 7 heteroatoms. The molecule has 2 rings (SSSR count). The third-order valence-corrected chi connectivity index (χ3v) is 7.34. The summed E-state index contributed by atoms with van der Waals surface area (Å²) in [4.78, 5) is 12.2. The van der Waals surface area contributed by atoms with E-state index >= 15 is 0 Å². The van der Waals surface area contributed by atoms with Gasteiger partial charge in [0.15, 0.2) is 19.0 Å². The van der Waals surface area contributed by atoms with Gasteiger partial charge in [0.05, 0.1) is 11.6 Å². The summed E-state index contributed by atoms with van der Waals surface area (Å²) in [5, 5.41) is 3.35. The number of nitrogens with zero attached hydrogens (tertiary/aromatic N) is 1. The summed E-state index contributed by atoms with van der Waals surface area (Å²) in [7, 11) is 0. The first-order chi connectivity index (χ1) is 19.1. The Morgan fingerprint density at radius 1 is 0.850 bits per heavy atom. The Labute approximate surface area is 265 Å². The van der Waals surface area contributed by atoms with Gasteiger partial charge in [0.1, 0.15) is 18.0 Å². The molecular weight excluding hydrogens is 635 g/mol. The van der Waals surface area contributed by atoms with E-state index < -0.39 is 0 Å². The Morgan fingerprint density at radius 2 is 1.48 bits per heavy atom. The molecule has 0 aliphatic carbocycles. The van der Waals surface area contributed by atoms with Gasteiger partial charge < -0.3 is 38.8 Å². The van der Waals surface area contributed by atoms with E-state index in [-0.39, 0.29) is 36.5 Å². The Balaban J connectivity index is 0.00000800. The standard InChI is InChI=1S/C33H51ClN2O3.HI/c1-3-5-6-7-8-9-10-11-12-13-14-15-16-17-25-38-30-20-21-32(31(34)26-30)39-28-33(37)35-23-22-29-19-18-24-36(4-2)27-29;/h18-21,24,26-27H,3-17,22-23,25,28H2,1-2H3;1H. The number of pyridine rings is 1. The lowest BCUT2D eigenvalue weighted by molar-refractivity contribution is -0.694. The Bertz CT molecular complexity index is 928. The summed E-state index contributed by atoms with van der Waals surface area (Å²) >= 11 is 6.36. The minimum atomic E-state index is -0.163. The smallest absolute Gasteiger partial charge is 0.257 e. The van der Waals surface area contributed by atoms with Crippen molar-refractivity contribution in [3.8, 4) is 11.5 Å². The van der Waals surface area contributed by atoms with Crippen LogP contribution in [0.3, 0.4) is 0 Å². The van der Waals surface area contributed by atoms with Crippen molar-refractivity contribution in [1.29, 1.82) is 0 Å². The van der Waals surface area contributed by atoms with Gasteiger partial charge in [-0.1, -0.05) is 102 Å². The van der Waals surface area contributed by atoms with Crippen LogP contribution < -0.4 is 43.3 Å². The summed E-state index contributed by atoms with van der Waals surface area (Å²) in [6.45, 7) is 6.50. The van der Waals surface area contributed by atoms with Crippen molar-refractivity contribution in [2.75, 3.05) is 19.8 Å². The average Bonchev–Trinajstić information content (AvgIpc) is 2.94. The number of amides is 1. The van der Waals surface area contributed by atoms with E-state index in [1.54, 1.807) is 12.1 Å². The fraction of sp³-hybridized carbons (Fsp3) is 0.636. The predicted octanol–water partition coefficient (Wildman–Crippen LogP) is 5.25. The molecule has 0 spiro atoms. The highest BCUT2D eigenvalue weighted by atomic mass is 127. The quantitative estimate of drug-likeness (QED) is 0.0988. The summed E-state index contributed by atoms with van der Waals surface area (Å²) in [6, 6.07) is 9.47. The molecule has 0 atom stereocenters. The first-order valence-corrected chi connectivity index (χ1v) is 15.8. The van der Waals surface area contributed by atoms with Gasteiger partial charge >= 0.3 is 0 Å². The van der Waals surface area contributed by atoms with E-state index in [9.17, 15) is 4.79 Å². The van der Waals surface area contributed by atoms with Crippen molar-refractivity contribution in [2.24, 2.45) is 0 Å². The molecule has 0 bridgehead atoms. The molecule has 1 N–H and O–H groups in total. The molecule has 1 amide bonds. The number of unbranched alkanes of at least 4 members (excludes halogenated alkanes) is 13. The second kappa shape index (κ2) is 24.1. The maximum Gasteiger partial charge on any atom is 0.257 e. The number of ether oxygens (including phenoxy) is 2. The van der Waals surface area contributed by atoms with Crippen LogP contribution in [0, 0.1) is 0 Å². The molecule has 0 unspecified atom stereocenters. The monoisotopic (exact) mass is 686 g/mol. The van der Waals surface area contributed by atoms with Crippen molar-refractivity contribution in [3.63, 3.8) is 0 Å². The van der Waals surface area contributed by atoms with Gasteiger partial charge in [0, 0.05) is 24.2 Å². The third-order valence-electron chi connectivity index (χ3n) is 7.05. The van der Waals surface area contributed by atoms with Crippen LogP contribution in [0.25, 0.3) is 0 Å². The maximum atomic E-state index is 12.2. The van der Waals surface area contributed by atoms with Crippen molar-refractivity contribution in [3.05, 3.63) is 53.3 Å². The number of aryl methyl sites for hydroxylation is 1. The van der Waals surface area contributed by atoms with Crippen LogP contribution in [0.5, 0.6) is 11.5 Å². The first kappa shape index (κ1) is 36.5. The van der Waals surface area contributed by atoms with Gasteiger partial charge in [-0.2, -0.15) is 0 Å². The highest BCUT2D eigenvalue weighted by Crippen LogP contribution is 2.29. The van der Waals surface area contributed by atoms with E-state index in [0.29, 0.717) is 23.9 Å². The molecule has 1 aromatic heterocycles. The van der Waals surface area contributed by atoms with Crippen LogP contribution >= 0.6 is 11.6 Å². The topological polar surface area (TPSA) is 51.4 Å². The molecule has 0 saturated carbocycles. The van der Waals surface area contributed by atoms with Crippen LogP contribution in [-0.4, -0.2) is 25.7 Å². The number of hydrogen-bond donors (Lipinski definition) is 1. The highest BCUT2D eigenvalue weighted by molar-refractivity contribution is 6.32. The lowest BCUT2D eigenvalue weighted by atomic mass is 10.0. The molecule has 0 fully saturated rings. The van der Waals surface area contributed by atoms with Crippen molar-refractivity contribution < 1.29 is 42.8 Å². The number of hydrogen-bond acceptors (Lipinski definition) is 3. The van der Waals surface area contributed by atoms with Gasteiger partial charge in [0.2, 0.25) is 0 Å². The highest BCUT2D eigenvalue weighted by Gasteiger charge is 2.08. The summed E-state index contributed by atoms with van der Waals surface area (Å²) in [6.07, 6.45) is 23.7. The molecule has 2 aromatic rings. The lowest BCUT2D eigenvalue weighted by Crippen LogP contribution is -3.00. The SMILES string of the molecule is CCCCCCCCCCCCCCCCOc1ccc(OCC(=O)NCCc2ccc[n+](CC)c2)c(Cl)c1.[I-]. The minimum absolute atomic E-state index is 0. The Hall–Kier alpha value is -1.54. The number of carbonyl (C=O) groups excluding carboxylic acids is 1. The molecule has 226 valence electrons. The largest absolute Gasteiger partial charge is 1.00 e. The van der Waals surface area contributed by atoms with Crippen molar-refractivity contribution in [1.82, 2.24) is 5.32 Å². The lowest BCUT2D eigenvalue weighted by Gasteiger charge is -2.11. The molecule has 1 heterocycles. The number of halogens is 2. The van der Waals surface area contributed by atoms with E-state index in [1.165, 1.54) is 89.0 Å². The number of carbonyl (C=O) groups is 1. The number of rotatable bonds is 23. The molecule has 0 radical (unpaired) electrons. The Morgan fingerprint density at radius 3 is 2.08 bits per heavy atom. The molecule has 5 nitrogen and oxygen atoms in total.